The van der Waals surface area contributed by atoms with E-state index in [1.165, 1.54) is 7.11 Å². The molecule has 0 aliphatic carbocycles. The lowest BCUT2D eigenvalue weighted by atomic mass is 10.2. The Morgan fingerprint density at radius 1 is 1.28 bits per heavy atom. The molecule has 0 fully saturated rings. The summed E-state index contributed by atoms with van der Waals surface area (Å²) in [5, 5.41) is 6.39. The summed E-state index contributed by atoms with van der Waals surface area (Å²) in [4.78, 5) is 23.0. The number of amides is 1. The van der Waals surface area contributed by atoms with Gasteiger partial charge < -0.3 is 20.3 Å². The van der Waals surface area contributed by atoms with Crippen LogP contribution >= 0.6 is 11.6 Å². The standard InChI is InChI=1S/C17H22ClN5O2/c1-11-20-14(10-16(21-11)19-7-8-23(2)3)17(24)22-12-5-6-15(25-4)13(18)9-12/h5-6,9-10H,7-8H2,1-4H3,(H,22,24)(H,19,20,21). The number of carbonyl (C=O) groups is 1. The molecule has 0 radical (unpaired) electrons. The van der Waals surface area contributed by atoms with Crippen molar-refractivity contribution in [3.05, 3.63) is 40.8 Å². The Balaban J connectivity index is 2.10. The fourth-order valence-corrected chi connectivity index (χ4v) is 2.38. The molecular formula is C17H22ClN5O2. The van der Waals surface area contributed by atoms with Crippen LogP contribution in [0.3, 0.4) is 0 Å². The van der Waals surface area contributed by atoms with Crippen LogP contribution in [0.5, 0.6) is 5.75 Å². The second-order valence-electron chi connectivity index (χ2n) is 5.72. The number of halogens is 1. The van der Waals surface area contributed by atoms with Crippen molar-refractivity contribution in [3.8, 4) is 5.75 Å². The van der Waals surface area contributed by atoms with Gasteiger partial charge in [0, 0.05) is 24.8 Å². The topological polar surface area (TPSA) is 79.4 Å². The zero-order chi connectivity index (χ0) is 18.4. The number of hydrogen-bond donors (Lipinski definition) is 2. The largest absolute Gasteiger partial charge is 0.495 e. The maximum Gasteiger partial charge on any atom is 0.274 e. The van der Waals surface area contributed by atoms with E-state index in [1.54, 1.807) is 31.2 Å². The molecule has 0 aliphatic rings. The number of ether oxygens (including phenoxy) is 1. The molecule has 2 aromatic rings. The fourth-order valence-electron chi connectivity index (χ4n) is 2.12. The van der Waals surface area contributed by atoms with Crippen molar-refractivity contribution in [1.82, 2.24) is 14.9 Å². The number of nitrogens with zero attached hydrogens (tertiary/aromatic N) is 3. The van der Waals surface area contributed by atoms with Crippen LogP contribution < -0.4 is 15.4 Å². The molecule has 0 spiro atoms. The van der Waals surface area contributed by atoms with Crippen LogP contribution in [0, 0.1) is 6.92 Å². The predicted molar refractivity (Wildman–Crippen MR) is 99.8 cm³/mol. The molecule has 0 saturated carbocycles. The third kappa shape index (κ3) is 5.58. The molecule has 1 amide bonds. The molecule has 2 rings (SSSR count). The van der Waals surface area contributed by atoms with Crippen LogP contribution in [-0.4, -0.2) is 55.1 Å². The van der Waals surface area contributed by atoms with Crippen molar-refractivity contribution in [2.24, 2.45) is 0 Å². The van der Waals surface area contributed by atoms with Gasteiger partial charge in [-0.15, -0.1) is 0 Å². The molecule has 0 atom stereocenters. The van der Waals surface area contributed by atoms with E-state index in [4.69, 9.17) is 16.3 Å². The highest BCUT2D eigenvalue weighted by Gasteiger charge is 2.12. The SMILES string of the molecule is COc1ccc(NC(=O)c2cc(NCCN(C)C)nc(C)n2)cc1Cl. The number of aromatic nitrogens is 2. The van der Waals surface area contributed by atoms with Crippen molar-refractivity contribution in [2.45, 2.75) is 6.92 Å². The number of nitrogens with one attached hydrogen (secondary N) is 2. The molecule has 134 valence electrons. The molecular weight excluding hydrogens is 342 g/mol. The molecule has 1 aromatic heterocycles. The van der Waals surface area contributed by atoms with Crippen LogP contribution in [0.2, 0.25) is 5.02 Å². The number of aryl methyl sites for hydroxylation is 1. The first kappa shape index (κ1) is 19.0. The van der Waals surface area contributed by atoms with Crippen molar-refractivity contribution < 1.29 is 9.53 Å². The van der Waals surface area contributed by atoms with Gasteiger partial charge in [-0.05, 0) is 39.2 Å². The molecule has 0 saturated heterocycles. The van der Waals surface area contributed by atoms with E-state index in [0.29, 0.717) is 28.1 Å². The number of rotatable bonds is 7. The van der Waals surface area contributed by atoms with E-state index in [1.807, 2.05) is 14.1 Å². The summed E-state index contributed by atoms with van der Waals surface area (Å²) in [6.07, 6.45) is 0. The number of anilines is 2. The Morgan fingerprint density at radius 3 is 2.68 bits per heavy atom. The van der Waals surface area contributed by atoms with Crippen LogP contribution in [-0.2, 0) is 0 Å². The molecule has 1 heterocycles. The number of carbonyl (C=O) groups excluding carboxylic acids is 1. The monoisotopic (exact) mass is 363 g/mol. The zero-order valence-electron chi connectivity index (χ0n) is 14.8. The van der Waals surface area contributed by atoms with Crippen LogP contribution in [0.25, 0.3) is 0 Å². The highest BCUT2D eigenvalue weighted by Crippen LogP contribution is 2.27. The van der Waals surface area contributed by atoms with E-state index in [-0.39, 0.29) is 11.6 Å². The van der Waals surface area contributed by atoms with Gasteiger partial charge in [0.15, 0.2) is 0 Å². The van der Waals surface area contributed by atoms with E-state index < -0.39 is 0 Å². The lowest BCUT2D eigenvalue weighted by molar-refractivity contribution is 0.102. The van der Waals surface area contributed by atoms with E-state index in [2.05, 4.69) is 25.5 Å². The molecule has 8 heteroatoms. The molecule has 7 nitrogen and oxygen atoms in total. The summed E-state index contributed by atoms with van der Waals surface area (Å²) in [6.45, 7) is 3.33. The lowest BCUT2D eigenvalue weighted by Crippen LogP contribution is -2.22. The Bertz CT molecular complexity index is 752. The van der Waals surface area contributed by atoms with E-state index in [0.717, 1.165) is 13.1 Å². The number of benzene rings is 1. The van der Waals surface area contributed by atoms with Gasteiger partial charge >= 0.3 is 0 Å². The van der Waals surface area contributed by atoms with Gasteiger partial charge in [-0.2, -0.15) is 0 Å². The summed E-state index contributed by atoms with van der Waals surface area (Å²) in [7, 11) is 5.52. The quantitative estimate of drug-likeness (QED) is 0.787. The Labute approximate surface area is 152 Å². The Morgan fingerprint density at radius 2 is 2.04 bits per heavy atom. The van der Waals surface area contributed by atoms with Crippen molar-refractivity contribution >= 4 is 29.0 Å². The number of methoxy groups -OCH3 is 1. The average molecular weight is 364 g/mol. The van der Waals surface area contributed by atoms with Crippen molar-refractivity contribution in [2.75, 3.05) is 44.9 Å². The molecule has 2 N–H and O–H groups in total. The first-order valence-corrected chi connectivity index (χ1v) is 8.16. The van der Waals surface area contributed by atoms with Crippen LogP contribution in [0.4, 0.5) is 11.5 Å². The maximum atomic E-state index is 12.5. The first-order chi connectivity index (χ1) is 11.9. The van der Waals surface area contributed by atoms with Gasteiger partial charge in [-0.25, -0.2) is 9.97 Å². The molecule has 0 aliphatic heterocycles. The van der Waals surface area contributed by atoms with Gasteiger partial charge in [-0.3, -0.25) is 4.79 Å². The minimum absolute atomic E-state index is 0.284. The normalized spacial score (nSPS) is 10.6. The molecule has 1 aromatic carbocycles. The summed E-state index contributed by atoms with van der Waals surface area (Å²) in [5.74, 6) is 1.35. The molecule has 0 bridgehead atoms. The fraction of sp³-hybridized carbons (Fsp3) is 0.353. The Hall–Kier alpha value is -2.38. The minimum Gasteiger partial charge on any atom is -0.495 e. The molecule has 0 unspecified atom stereocenters. The zero-order valence-corrected chi connectivity index (χ0v) is 15.5. The summed E-state index contributed by atoms with van der Waals surface area (Å²) in [6, 6.07) is 6.66. The maximum absolute atomic E-state index is 12.5. The van der Waals surface area contributed by atoms with Gasteiger partial charge in [-0.1, -0.05) is 11.6 Å². The number of likely N-dealkylation sites (N-methyl/N-ethyl adjacent to an activating group) is 1. The third-order valence-electron chi connectivity index (χ3n) is 3.35. The summed E-state index contributed by atoms with van der Waals surface area (Å²) >= 11 is 6.08. The Kier molecular flexibility index (Phi) is 6.55. The third-order valence-corrected chi connectivity index (χ3v) is 3.64. The smallest absolute Gasteiger partial charge is 0.274 e. The lowest BCUT2D eigenvalue weighted by Gasteiger charge is -2.12. The van der Waals surface area contributed by atoms with Gasteiger partial charge in [0.1, 0.15) is 23.1 Å². The first-order valence-electron chi connectivity index (χ1n) is 7.78. The average Bonchev–Trinajstić information content (AvgIpc) is 2.54. The van der Waals surface area contributed by atoms with Gasteiger partial charge in [0.25, 0.3) is 5.91 Å². The molecule has 25 heavy (non-hydrogen) atoms. The van der Waals surface area contributed by atoms with Crippen molar-refractivity contribution in [3.63, 3.8) is 0 Å². The second kappa shape index (κ2) is 8.64. The summed E-state index contributed by atoms with van der Waals surface area (Å²) < 4.78 is 5.10. The highest BCUT2D eigenvalue weighted by atomic mass is 35.5. The minimum atomic E-state index is -0.331. The van der Waals surface area contributed by atoms with Crippen LogP contribution in [0.15, 0.2) is 24.3 Å². The van der Waals surface area contributed by atoms with Gasteiger partial charge in [0.05, 0.1) is 12.1 Å². The second-order valence-corrected chi connectivity index (χ2v) is 6.13. The van der Waals surface area contributed by atoms with Crippen molar-refractivity contribution in [1.29, 1.82) is 0 Å². The summed E-state index contributed by atoms with van der Waals surface area (Å²) in [5.41, 5.74) is 0.848. The van der Waals surface area contributed by atoms with Crippen LogP contribution in [0.1, 0.15) is 16.3 Å². The van der Waals surface area contributed by atoms with E-state index in [9.17, 15) is 4.79 Å². The number of hydrogen-bond acceptors (Lipinski definition) is 6. The highest BCUT2D eigenvalue weighted by molar-refractivity contribution is 6.32. The predicted octanol–water partition coefficient (Wildman–Crippen LogP) is 2.67. The van der Waals surface area contributed by atoms with Gasteiger partial charge in [0.2, 0.25) is 0 Å². The van der Waals surface area contributed by atoms with E-state index >= 15 is 0 Å².